The zero-order valence-corrected chi connectivity index (χ0v) is 9.37. The topological polar surface area (TPSA) is 18.5 Å². The Hall–Kier alpha value is -0.480. The Morgan fingerprint density at radius 3 is 2.31 bits per heavy atom. The lowest BCUT2D eigenvalue weighted by atomic mass is 10.3. The van der Waals surface area contributed by atoms with Gasteiger partial charge in [0.15, 0.2) is 11.5 Å². The molecule has 72 valence electrons. The second kappa shape index (κ2) is 4.15. The van der Waals surface area contributed by atoms with Crippen LogP contribution in [0.15, 0.2) is 10.5 Å². The monoisotopic (exact) mass is 268 g/mol. The second-order valence-corrected chi connectivity index (χ2v) is 3.48. The highest BCUT2D eigenvalue weighted by Crippen LogP contribution is 2.39. The maximum atomic E-state index is 13.4. The van der Waals surface area contributed by atoms with Gasteiger partial charge in [-0.15, -0.1) is 0 Å². The minimum Gasteiger partial charge on any atom is -0.492 e. The molecule has 0 atom stereocenters. The molecule has 13 heavy (non-hydrogen) atoms. The van der Waals surface area contributed by atoms with Crippen LogP contribution in [0.2, 0.25) is 5.02 Å². The first-order chi connectivity index (χ1) is 6.11. The minimum atomic E-state index is -0.607. The molecular formula is C8H7BrClFO2. The Morgan fingerprint density at radius 1 is 1.31 bits per heavy atom. The van der Waals surface area contributed by atoms with Gasteiger partial charge in [-0.2, -0.15) is 4.39 Å². The van der Waals surface area contributed by atoms with Crippen LogP contribution in [0.3, 0.4) is 0 Å². The summed E-state index contributed by atoms with van der Waals surface area (Å²) in [5.74, 6) is -0.535. The van der Waals surface area contributed by atoms with E-state index in [-0.39, 0.29) is 16.5 Å². The van der Waals surface area contributed by atoms with E-state index in [4.69, 9.17) is 21.1 Å². The average Bonchev–Trinajstić information content (AvgIpc) is 2.04. The molecule has 0 unspecified atom stereocenters. The van der Waals surface area contributed by atoms with Gasteiger partial charge in [-0.25, -0.2) is 0 Å². The fraction of sp³-hybridized carbons (Fsp3) is 0.250. The third kappa shape index (κ3) is 1.89. The molecular weight excluding hydrogens is 262 g/mol. The maximum absolute atomic E-state index is 13.4. The van der Waals surface area contributed by atoms with E-state index in [0.717, 1.165) is 0 Å². The van der Waals surface area contributed by atoms with Gasteiger partial charge in [-0.1, -0.05) is 11.6 Å². The van der Waals surface area contributed by atoms with Gasteiger partial charge in [0.1, 0.15) is 0 Å². The predicted octanol–water partition coefficient (Wildman–Crippen LogP) is 3.26. The number of hydrogen-bond acceptors (Lipinski definition) is 2. The molecule has 0 aromatic heterocycles. The quantitative estimate of drug-likeness (QED) is 0.820. The van der Waals surface area contributed by atoms with Crippen molar-refractivity contribution in [3.63, 3.8) is 0 Å². The Bertz CT molecular complexity index is 302. The van der Waals surface area contributed by atoms with Crippen molar-refractivity contribution in [2.24, 2.45) is 0 Å². The summed E-state index contributed by atoms with van der Waals surface area (Å²) in [6.07, 6.45) is 0. The van der Waals surface area contributed by atoms with Gasteiger partial charge in [-0.05, 0) is 22.0 Å². The molecule has 0 aliphatic carbocycles. The van der Waals surface area contributed by atoms with Crippen molar-refractivity contribution in [1.82, 2.24) is 0 Å². The Morgan fingerprint density at radius 2 is 1.85 bits per heavy atom. The van der Waals surface area contributed by atoms with E-state index < -0.39 is 5.82 Å². The van der Waals surface area contributed by atoms with E-state index in [1.54, 1.807) is 0 Å². The van der Waals surface area contributed by atoms with Crippen LogP contribution in [0.1, 0.15) is 0 Å². The van der Waals surface area contributed by atoms with E-state index in [1.165, 1.54) is 20.3 Å². The van der Waals surface area contributed by atoms with Crippen molar-refractivity contribution in [2.45, 2.75) is 0 Å². The van der Waals surface area contributed by atoms with E-state index >= 15 is 0 Å². The lowest BCUT2D eigenvalue weighted by Crippen LogP contribution is -1.95. The first-order valence-corrected chi connectivity index (χ1v) is 4.54. The molecule has 0 amide bonds. The molecule has 0 N–H and O–H groups in total. The highest BCUT2D eigenvalue weighted by Gasteiger charge is 2.17. The third-order valence-electron chi connectivity index (χ3n) is 1.49. The summed E-state index contributed by atoms with van der Waals surface area (Å²) in [5.41, 5.74) is 0. The molecule has 1 aromatic rings. The molecule has 0 bridgehead atoms. The summed E-state index contributed by atoms with van der Waals surface area (Å²) in [6, 6.07) is 1.52. The van der Waals surface area contributed by atoms with Crippen LogP contribution in [0.25, 0.3) is 0 Å². The summed E-state index contributed by atoms with van der Waals surface area (Å²) in [5, 5.41) is 0.202. The smallest absolute Gasteiger partial charge is 0.209 e. The summed E-state index contributed by atoms with van der Waals surface area (Å²) < 4.78 is 23.5. The van der Waals surface area contributed by atoms with Crippen LogP contribution in [0.4, 0.5) is 4.39 Å². The number of rotatable bonds is 2. The zero-order valence-electron chi connectivity index (χ0n) is 7.03. The first kappa shape index (κ1) is 10.6. The molecule has 0 saturated heterocycles. The van der Waals surface area contributed by atoms with Gasteiger partial charge in [0.05, 0.1) is 23.7 Å². The van der Waals surface area contributed by atoms with Crippen LogP contribution < -0.4 is 9.47 Å². The molecule has 2 nitrogen and oxygen atoms in total. The van der Waals surface area contributed by atoms with Crippen LogP contribution in [-0.2, 0) is 0 Å². The Labute approximate surface area is 88.7 Å². The number of halogens is 3. The van der Waals surface area contributed by atoms with E-state index in [0.29, 0.717) is 4.47 Å². The Kier molecular flexibility index (Phi) is 3.39. The van der Waals surface area contributed by atoms with Gasteiger partial charge in [0.25, 0.3) is 0 Å². The fourth-order valence-electron chi connectivity index (χ4n) is 0.929. The predicted molar refractivity (Wildman–Crippen MR) is 52.2 cm³/mol. The minimum absolute atomic E-state index is 0.0123. The van der Waals surface area contributed by atoms with Gasteiger partial charge < -0.3 is 9.47 Å². The third-order valence-corrected chi connectivity index (χ3v) is 2.36. The van der Waals surface area contributed by atoms with Gasteiger partial charge in [-0.3, -0.25) is 0 Å². The van der Waals surface area contributed by atoms with Crippen LogP contribution in [0.5, 0.6) is 11.5 Å². The molecule has 0 heterocycles. The van der Waals surface area contributed by atoms with Gasteiger partial charge in [0, 0.05) is 0 Å². The summed E-state index contributed by atoms with van der Waals surface area (Å²) >= 11 is 8.83. The molecule has 0 fully saturated rings. The SMILES string of the molecule is COc1c(Cl)cc(Br)c(OC)c1F. The molecule has 1 rings (SSSR count). The Balaban J connectivity index is 3.39. The standard InChI is InChI=1S/C8H7BrClFO2/c1-12-7-4(9)3-5(10)8(13-2)6(7)11/h3H,1-2H3. The van der Waals surface area contributed by atoms with Crippen molar-refractivity contribution >= 4 is 27.5 Å². The van der Waals surface area contributed by atoms with Crippen molar-refractivity contribution in [3.8, 4) is 11.5 Å². The first-order valence-electron chi connectivity index (χ1n) is 3.37. The maximum Gasteiger partial charge on any atom is 0.209 e. The second-order valence-electron chi connectivity index (χ2n) is 2.22. The van der Waals surface area contributed by atoms with Gasteiger partial charge >= 0.3 is 0 Å². The van der Waals surface area contributed by atoms with E-state index in [9.17, 15) is 4.39 Å². The summed E-state index contributed by atoms with van der Waals surface area (Å²) in [4.78, 5) is 0. The molecule has 0 aliphatic heterocycles. The lowest BCUT2D eigenvalue weighted by Gasteiger charge is -2.09. The number of hydrogen-bond donors (Lipinski definition) is 0. The van der Waals surface area contributed by atoms with Crippen molar-refractivity contribution in [2.75, 3.05) is 14.2 Å². The van der Waals surface area contributed by atoms with Crippen LogP contribution >= 0.6 is 27.5 Å². The van der Waals surface area contributed by atoms with Crippen LogP contribution in [-0.4, -0.2) is 14.2 Å². The van der Waals surface area contributed by atoms with E-state index in [2.05, 4.69) is 15.9 Å². The summed E-state index contributed by atoms with van der Waals surface area (Å²) in [7, 11) is 2.72. The normalized spacial score (nSPS) is 9.92. The number of ether oxygens (including phenoxy) is 2. The van der Waals surface area contributed by atoms with Crippen LogP contribution in [0, 0.1) is 5.82 Å². The number of methoxy groups -OCH3 is 2. The molecule has 0 spiro atoms. The lowest BCUT2D eigenvalue weighted by molar-refractivity contribution is 0.349. The molecule has 0 saturated carbocycles. The molecule has 0 radical (unpaired) electrons. The number of benzene rings is 1. The van der Waals surface area contributed by atoms with Crippen molar-refractivity contribution < 1.29 is 13.9 Å². The summed E-state index contributed by atoms with van der Waals surface area (Å²) in [6.45, 7) is 0. The molecule has 1 aromatic carbocycles. The fourth-order valence-corrected chi connectivity index (χ4v) is 1.90. The average molecular weight is 269 g/mol. The highest BCUT2D eigenvalue weighted by molar-refractivity contribution is 9.10. The highest BCUT2D eigenvalue weighted by atomic mass is 79.9. The van der Waals surface area contributed by atoms with Gasteiger partial charge in [0.2, 0.25) is 5.82 Å². The van der Waals surface area contributed by atoms with E-state index in [1.807, 2.05) is 0 Å². The molecule has 0 aliphatic rings. The largest absolute Gasteiger partial charge is 0.492 e. The zero-order chi connectivity index (χ0) is 10.0. The molecule has 5 heteroatoms. The van der Waals surface area contributed by atoms with Crippen molar-refractivity contribution in [3.05, 3.63) is 21.4 Å². The van der Waals surface area contributed by atoms with Crippen molar-refractivity contribution in [1.29, 1.82) is 0 Å².